The molecule has 8 heteroatoms. The highest BCUT2D eigenvalue weighted by Crippen LogP contribution is 2.10. The summed E-state index contributed by atoms with van der Waals surface area (Å²) in [5.41, 5.74) is 6.71. The maximum Gasteiger partial charge on any atom is 0.190 e. The topological polar surface area (TPSA) is 95.7 Å². The van der Waals surface area contributed by atoms with Crippen LogP contribution in [0.4, 0.5) is 5.69 Å². The molecule has 1 aromatic rings. The molecule has 0 amide bonds. The average molecular weight is 275 g/mol. The van der Waals surface area contributed by atoms with Crippen LogP contribution >= 0.6 is 12.2 Å². The third-order valence-electron chi connectivity index (χ3n) is 1.95. The van der Waals surface area contributed by atoms with Crippen LogP contribution < -0.4 is 11.1 Å². The average Bonchev–Trinajstić information content (AvgIpc) is 2.28. The number of thiol groups is 1. The molecule has 0 aliphatic rings. The molecule has 0 unspecified atom stereocenters. The lowest BCUT2D eigenvalue weighted by molar-refractivity contribution is -0.0211. The highest BCUT2D eigenvalue weighted by molar-refractivity contribution is 7.80. The zero-order valence-corrected chi connectivity index (χ0v) is 10.6. The number of nitrogens with one attached hydrogen (secondary N) is 1. The number of nitrogens with two attached hydrogens (primary N) is 1. The highest BCUT2D eigenvalue weighted by atomic mass is 32.2. The molecule has 0 saturated carbocycles. The molecule has 6 nitrogen and oxygen atoms in total. The Balaban J connectivity index is 2.58. The van der Waals surface area contributed by atoms with Crippen molar-refractivity contribution < 1.29 is 13.6 Å². The van der Waals surface area contributed by atoms with Gasteiger partial charge in [-0.2, -0.15) is 0 Å². The minimum absolute atomic E-state index is 0.101. The van der Waals surface area contributed by atoms with Crippen LogP contribution in [0.2, 0.25) is 0 Å². The summed E-state index contributed by atoms with van der Waals surface area (Å²) in [6.07, 6.45) is 0. The predicted octanol–water partition coefficient (Wildman–Crippen LogP) is 0.102. The molecule has 0 atom stereocenters. The van der Waals surface area contributed by atoms with Gasteiger partial charge in [-0.3, -0.25) is 5.21 Å². The lowest BCUT2D eigenvalue weighted by Crippen LogP contribution is -2.31. The molecule has 17 heavy (non-hydrogen) atoms. The van der Waals surface area contributed by atoms with Gasteiger partial charge in [-0.15, -0.1) is 0 Å². The van der Waals surface area contributed by atoms with Crippen LogP contribution in [0.3, 0.4) is 0 Å². The Kier molecular flexibility index (Phi) is 5.13. The van der Waals surface area contributed by atoms with E-state index in [0.717, 1.165) is 10.6 Å². The molecule has 0 bridgehead atoms. The van der Waals surface area contributed by atoms with Gasteiger partial charge < -0.3 is 11.1 Å². The fraction of sp³-hybridized carbons (Fsp3) is 0.222. The van der Waals surface area contributed by atoms with E-state index in [1.54, 1.807) is 24.3 Å². The summed E-state index contributed by atoms with van der Waals surface area (Å²) in [7, 11) is -2.45. The third-order valence-corrected chi connectivity index (χ3v) is 2.58. The first-order chi connectivity index (χ1) is 7.99. The SMILES string of the molecule is NC(=S)N(O)Cc1ccc(NC[SH](=O)=O)cc1. The van der Waals surface area contributed by atoms with Crippen molar-refractivity contribution in [2.24, 2.45) is 5.73 Å². The molecule has 94 valence electrons. The van der Waals surface area contributed by atoms with Gasteiger partial charge in [0.2, 0.25) is 0 Å². The lowest BCUT2D eigenvalue weighted by Gasteiger charge is -2.14. The van der Waals surface area contributed by atoms with Gasteiger partial charge in [-0.1, -0.05) is 12.1 Å². The Bertz CT molecular complexity index is 451. The molecule has 0 heterocycles. The van der Waals surface area contributed by atoms with E-state index in [1.165, 1.54) is 0 Å². The van der Waals surface area contributed by atoms with Crippen LogP contribution in [0, 0.1) is 0 Å². The Morgan fingerprint density at radius 3 is 2.47 bits per heavy atom. The quantitative estimate of drug-likeness (QED) is 0.344. The molecule has 4 N–H and O–H groups in total. The van der Waals surface area contributed by atoms with Crippen molar-refractivity contribution in [1.82, 2.24) is 5.06 Å². The van der Waals surface area contributed by atoms with Crippen molar-refractivity contribution in [2.45, 2.75) is 6.54 Å². The number of rotatable bonds is 5. The van der Waals surface area contributed by atoms with Gasteiger partial charge in [0.05, 0.1) is 6.54 Å². The largest absolute Gasteiger partial charge is 0.374 e. The fourth-order valence-electron chi connectivity index (χ4n) is 1.13. The van der Waals surface area contributed by atoms with Gasteiger partial charge >= 0.3 is 0 Å². The number of nitrogens with zero attached hydrogens (tertiary/aromatic N) is 1. The van der Waals surface area contributed by atoms with E-state index in [2.05, 4.69) is 17.5 Å². The zero-order chi connectivity index (χ0) is 12.8. The zero-order valence-electron chi connectivity index (χ0n) is 8.87. The van der Waals surface area contributed by atoms with E-state index in [-0.39, 0.29) is 17.5 Å². The summed E-state index contributed by atoms with van der Waals surface area (Å²) in [5.74, 6) is -0.103. The summed E-state index contributed by atoms with van der Waals surface area (Å²) >= 11 is 4.59. The summed E-state index contributed by atoms with van der Waals surface area (Å²) in [6.45, 7) is 0.186. The number of hydroxylamine groups is 2. The maximum absolute atomic E-state index is 10.4. The summed E-state index contributed by atoms with van der Waals surface area (Å²) < 4.78 is 20.7. The van der Waals surface area contributed by atoms with Crippen LogP contribution in [0.5, 0.6) is 0 Å². The van der Waals surface area contributed by atoms with Gasteiger partial charge in [-0.05, 0) is 29.9 Å². The number of anilines is 1. The second-order valence-corrected chi connectivity index (χ2v) is 4.66. The summed E-state index contributed by atoms with van der Waals surface area (Å²) in [4.78, 5) is 0. The fourth-order valence-corrected chi connectivity index (χ4v) is 1.51. The predicted molar refractivity (Wildman–Crippen MR) is 69.4 cm³/mol. The van der Waals surface area contributed by atoms with Gasteiger partial charge in [0.15, 0.2) is 15.8 Å². The number of hydrogen-bond donors (Lipinski definition) is 4. The number of thiocarbonyl (C=S) groups is 1. The maximum atomic E-state index is 10.4. The first kappa shape index (κ1) is 13.7. The Hall–Kier alpha value is -1.38. The Labute approximate surface area is 106 Å². The third kappa shape index (κ3) is 4.98. The van der Waals surface area contributed by atoms with E-state index in [0.29, 0.717) is 5.69 Å². The van der Waals surface area contributed by atoms with Crippen molar-refractivity contribution in [3.05, 3.63) is 29.8 Å². The van der Waals surface area contributed by atoms with Crippen LogP contribution in [-0.4, -0.2) is 29.7 Å². The molecule has 0 radical (unpaired) electrons. The van der Waals surface area contributed by atoms with Crippen molar-refractivity contribution in [1.29, 1.82) is 0 Å². The van der Waals surface area contributed by atoms with Crippen molar-refractivity contribution >= 4 is 33.7 Å². The van der Waals surface area contributed by atoms with Gasteiger partial charge in [0, 0.05) is 5.69 Å². The van der Waals surface area contributed by atoms with Crippen molar-refractivity contribution in [2.75, 3.05) is 11.2 Å². The van der Waals surface area contributed by atoms with Gasteiger partial charge in [-0.25, -0.2) is 13.5 Å². The standard InChI is InChI=1S/C9H13N3O3S2/c10-9(16)12(13)5-7-1-3-8(4-2-7)11-6-17(14)15/h1-4,11,13,17H,5-6H2,(H2,10,16). The highest BCUT2D eigenvalue weighted by Gasteiger charge is 2.03. The Morgan fingerprint density at radius 2 is 2.00 bits per heavy atom. The monoisotopic (exact) mass is 275 g/mol. The molecule has 1 rings (SSSR count). The first-order valence-corrected chi connectivity index (χ1v) is 6.46. The Morgan fingerprint density at radius 1 is 1.41 bits per heavy atom. The number of hydrogen-bond acceptors (Lipinski definition) is 5. The first-order valence-electron chi connectivity index (χ1n) is 4.69. The van der Waals surface area contributed by atoms with Crippen LogP contribution in [0.1, 0.15) is 5.56 Å². The molecule has 0 aromatic heterocycles. The van der Waals surface area contributed by atoms with Crippen LogP contribution in [0.15, 0.2) is 24.3 Å². The molecular weight excluding hydrogens is 262 g/mol. The van der Waals surface area contributed by atoms with E-state index >= 15 is 0 Å². The van der Waals surface area contributed by atoms with E-state index in [4.69, 9.17) is 5.73 Å². The van der Waals surface area contributed by atoms with Gasteiger partial charge in [0.25, 0.3) is 0 Å². The molecule has 0 fully saturated rings. The molecule has 1 aromatic carbocycles. The summed E-state index contributed by atoms with van der Waals surface area (Å²) in [5, 5.41) is 12.7. The van der Waals surface area contributed by atoms with Crippen LogP contribution in [-0.2, 0) is 17.2 Å². The molecule has 0 aliphatic carbocycles. The van der Waals surface area contributed by atoms with Gasteiger partial charge in [0.1, 0.15) is 5.88 Å². The second kappa shape index (κ2) is 6.38. The molecule has 0 spiro atoms. The van der Waals surface area contributed by atoms with E-state index in [1.807, 2.05) is 0 Å². The molecule has 0 saturated heterocycles. The summed E-state index contributed by atoms with van der Waals surface area (Å²) in [6, 6.07) is 6.90. The smallest absolute Gasteiger partial charge is 0.190 e. The molecule has 0 aliphatic heterocycles. The van der Waals surface area contributed by atoms with Crippen molar-refractivity contribution in [3.63, 3.8) is 0 Å². The van der Waals surface area contributed by atoms with E-state index < -0.39 is 10.7 Å². The minimum atomic E-state index is -2.45. The second-order valence-electron chi connectivity index (χ2n) is 3.26. The minimum Gasteiger partial charge on any atom is -0.374 e. The normalized spacial score (nSPS) is 10.2. The van der Waals surface area contributed by atoms with Crippen LogP contribution in [0.25, 0.3) is 0 Å². The van der Waals surface area contributed by atoms with Crippen molar-refractivity contribution in [3.8, 4) is 0 Å². The number of benzene rings is 1. The lowest BCUT2D eigenvalue weighted by atomic mass is 10.2. The van der Waals surface area contributed by atoms with E-state index in [9.17, 15) is 13.6 Å². The molecular formula is C9H13N3O3S2.